The van der Waals surface area contributed by atoms with E-state index < -0.39 is 0 Å². The second kappa shape index (κ2) is 7.75. The molecule has 0 unspecified atom stereocenters. The largest absolute Gasteiger partial charge is 0.494 e. The molecular formula is C17H19FN2OS. The van der Waals surface area contributed by atoms with Crippen LogP contribution in [0.5, 0.6) is 5.75 Å². The fourth-order valence-electron chi connectivity index (χ4n) is 1.96. The average molecular weight is 318 g/mol. The first-order valence-electron chi connectivity index (χ1n) is 7.08. The standard InChI is InChI=1S/C17H19FN2OS/c1-3-21-16-10-4-13(5-11-16)12-20(2)17(22)19-15-8-6-14(18)7-9-15/h4-11H,3,12H2,1-2H3,(H,19,22). The summed E-state index contributed by atoms with van der Waals surface area (Å²) in [5.74, 6) is 0.597. The monoisotopic (exact) mass is 318 g/mol. The summed E-state index contributed by atoms with van der Waals surface area (Å²) in [5, 5.41) is 3.67. The van der Waals surface area contributed by atoms with Crippen molar-refractivity contribution in [3.63, 3.8) is 0 Å². The summed E-state index contributed by atoms with van der Waals surface area (Å²) >= 11 is 5.35. The molecule has 3 nitrogen and oxygen atoms in total. The molecule has 0 aromatic heterocycles. The number of hydrogen-bond acceptors (Lipinski definition) is 2. The van der Waals surface area contributed by atoms with Crippen LogP contribution >= 0.6 is 12.2 Å². The van der Waals surface area contributed by atoms with Crippen LogP contribution in [0.4, 0.5) is 10.1 Å². The number of nitrogens with zero attached hydrogens (tertiary/aromatic N) is 1. The second-order valence-electron chi connectivity index (χ2n) is 4.87. The van der Waals surface area contributed by atoms with Crippen molar-refractivity contribution < 1.29 is 9.13 Å². The first kappa shape index (κ1) is 16.2. The van der Waals surface area contributed by atoms with E-state index >= 15 is 0 Å². The Bertz CT molecular complexity index is 614. The van der Waals surface area contributed by atoms with Gasteiger partial charge in [-0.15, -0.1) is 0 Å². The Hall–Kier alpha value is -2.14. The summed E-state index contributed by atoms with van der Waals surface area (Å²) in [6, 6.07) is 14.0. The van der Waals surface area contributed by atoms with Crippen LogP contribution in [0.2, 0.25) is 0 Å². The van der Waals surface area contributed by atoms with Crippen molar-refractivity contribution in [2.45, 2.75) is 13.5 Å². The summed E-state index contributed by atoms with van der Waals surface area (Å²) < 4.78 is 18.3. The van der Waals surface area contributed by atoms with Crippen molar-refractivity contribution in [1.29, 1.82) is 0 Å². The smallest absolute Gasteiger partial charge is 0.173 e. The van der Waals surface area contributed by atoms with Crippen molar-refractivity contribution in [1.82, 2.24) is 4.90 Å². The number of rotatable bonds is 5. The molecule has 0 saturated carbocycles. The molecule has 0 aliphatic rings. The average Bonchev–Trinajstić information content (AvgIpc) is 2.51. The van der Waals surface area contributed by atoms with Crippen LogP contribution in [-0.4, -0.2) is 23.7 Å². The third-order valence-corrected chi connectivity index (χ3v) is 3.51. The predicted molar refractivity (Wildman–Crippen MR) is 91.7 cm³/mol. The van der Waals surface area contributed by atoms with Crippen molar-refractivity contribution in [3.05, 3.63) is 59.9 Å². The van der Waals surface area contributed by atoms with Gasteiger partial charge in [-0.05, 0) is 61.1 Å². The highest BCUT2D eigenvalue weighted by atomic mass is 32.1. The van der Waals surface area contributed by atoms with E-state index in [2.05, 4.69) is 5.32 Å². The lowest BCUT2D eigenvalue weighted by atomic mass is 10.2. The Labute approximate surface area is 135 Å². The maximum absolute atomic E-state index is 12.9. The zero-order valence-electron chi connectivity index (χ0n) is 12.7. The fraction of sp³-hybridized carbons (Fsp3) is 0.235. The lowest BCUT2D eigenvalue weighted by Crippen LogP contribution is -2.30. The van der Waals surface area contributed by atoms with Crippen LogP contribution < -0.4 is 10.1 Å². The predicted octanol–water partition coefficient (Wildman–Crippen LogP) is 4.05. The summed E-state index contributed by atoms with van der Waals surface area (Å²) in [6.07, 6.45) is 0. The Morgan fingerprint density at radius 2 is 1.77 bits per heavy atom. The van der Waals surface area contributed by atoms with E-state index in [9.17, 15) is 4.39 Å². The molecular weight excluding hydrogens is 299 g/mol. The normalized spacial score (nSPS) is 10.1. The molecule has 0 amide bonds. The molecule has 22 heavy (non-hydrogen) atoms. The summed E-state index contributed by atoms with van der Waals surface area (Å²) in [6.45, 7) is 3.30. The van der Waals surface area contributed by atoms with Crippen molar-refractivity contribution >= 4 is 23.0 Å². The van der Waals surface area contributed by atoms with Crippen LogP contribution in [-0.2, 0) is 6.54 Å². The van der Waals surface area contributed by atoms with Gasteiger partial charge >= 0.3 is 0 Å². The Kier molecular flexibility index (Phi) is 5.72. The summed E-state index contributed by atoms with van der Waals surface area (Å²) in [5.41, 5.74) is 1.90. The molecule has 2 aromatic rings. The van der Waals surface area contributed by atoms with Gasteiger partial charge in [-0.25, -0.2) is 4.39 Å². The number of anilines is 1. The highest BCUT2D eigenvalue weighted by Crippen LogP contribution is 2.14. The molecule has 0 atom stereocenters. The van der Waals surface area contributed by atoms with Crippen molar-refractivity contribution in [2.24, 2.45) is 0 Å². The van der Waals surface area contributed by atoms with Gasteiger partial charge in [0.1, 0.15) is 11.6 Å². The van der Waals surface area contributed by atoms with Crippen LogP contribution in [0.25, 0.3) is 0 Å². The van der Waals surface area contributed by atoms with E-state index in [0.29, 0.717) is 18.3 Å². The second-order valence-corrected chi connectivity index (χ2v) is 5.26. The zero-order chi connectivity index (χ0) is 15.9. The summed E-state index contributed by atoms with van der Waals surface area (Å²) in [4.78, 5) is 1.92. The Morgan fingerprint density at radius 3 is 2.36 bits per heavy atom. The minimum atomic E-state index is -0.265. The first-order valence-corrected chi connectivity index (χ1v) is 7.48. The van der Waals surface area contributed by atoms with Gasteiger partial charge in [0, 0.05) is 19.3 Å². The third kappa shape index (κ3) is 4.70. The maximum Gasteiger partial charge on any atom is 0.173 e. The van der Waals surface area contributed by atoms with Gasteiger partial charge in [-0.2, -0.15) is 0 Å². The number of benzene rings is 2. The molecule has 2 rings (SSSR count). The highest BCUT2D eigenvalue weighted by Gasteiger charge is 2.06. The molecule has 0 bridgehead atoms. The third-order valence-electron chi connectivity index (χ3n) is 3.10. The van der Waals surface area contributed by atoms with Gasteiger partial charge < -0.3 is 15.0 Å². The van der Waals surface area contributed by atoms with Gasteiger partial charge in [0.2, 0.25) is 0 Å². The van der Waals surface area contributed by atoms with Crippen LogP contribution in [0.15, 0.2) is 48.5 Å². The minimum absolute atomic E-state index is 0.265. The quantitative estimate of drug-likeness (QED) is 0.841. The van der Waals surface area contributed by atoms with E-state index in [4.69, 9.17) is 17.0 Å². The summed E-state index contributed by atoms with van der Waals surface area (Å²) in [7, 11) is 1.91. The lowest BCUT2D eigenvalue weighted by molar-refractivity contribution is 0.340. The van der Waals surface area contributed by atoms with Gasteiger partial charge in [0.25, 0.3) is 0 Å². The molecule has 1 N–H and O–H groups in total. The van der Waals surface area contributed by atoms with Crippen molar-refractivity contribution in [2.75, 3.05) is 19.0 Å². The minimum Gasteiger partial charge on any atom is -0.494 e. The Morgan fingerprint density at radius 1 is 1.14 bits per heavy atom. The lowest BCUT2D eigenvalue weighted by Gasteiger charge is -2.21. The highest BCUT2D eigenvalue weighted by molar-refractivity contribution is 7.80. The van der Waals surface area contributed by atoms with E-state index in [1.165, 1.54) is 12.1 Å². The molecule has 0 spiro atoms. The van der Waals surface area contributed by atoms with E-state index in [-0.39, 0.29) is 5.82 Å². The number of hydrogen-bond donors (Lipinski definition) is 1. The SMILES string of the molecule is CCOc1ccc(CN(C)C(=S)Nc2ccc(F)cc2)cc1. The van der Waals surface area contributed by atoms with Crippen LogP contribution in [0.3, 0.4) is 0 Å². The van der Waals surface area contributed by atoms with Gasteiger partial charge in [-0.1, -0.05) is 12.1 Å². The molecule has 116 valence electrons. The van der Waals surface area contributed by atoms with Crippen LogP contribution in [0.1, 0.15) is 12.5 Å². The van der Waals surface area contributed by atoms with E-state index in [1.54, 1.807) is 12.1 Å². The molecule has 0 radical (unpaired) electrons. The van der Waals surface area contributed by atoms with E-state index in [0.717, 1.165) is 17.0 Å². The zero-order valence-corrected chi connectivity index (χ0v) is 13.5. The number of halogens is 1. The number of ether oxygens (including phenoxy) is 1. The van der Waals surface area contributed by atoms with Crippen LogP contribution in [0, 0.1) is 5.82 Å². The molecule has 5 heteroatoms. The number of nitrogens with one attached hydrogen (secondary N) is 1. The Balaban J connectivity index is 1.91. The first-order chi connectivity index (χ1) is 10.6. The maximum atomic E-state index is 12.9. The molecule has 0 saturated heterocycles. The molecule has 0 aliphatic carbocycles. The molecule has 0 fully saturated rings. The van der Waals surface area contributed by atoms with Gasteiger partial charge in [0.15, 0.2) is 5.11 Å². The molecule has 0 aliphatic heterocycles. The topological polar surface area (TPSA) is 24.5 Å². The van der Waals surface area contributed by atoms with Gasteiger partial charge in [-0.3, -0.25) is 0 Å². The van der Waals surface area contributed by atoms with Gasteiger partial charge in [0.05, 0.1) is 6.61 Å². The van der Waals surface area contributed by atoms with E-state index in [1.807, 2.05) is 43.1 Å². The molecule has 0 heterocycles. The number of thiocarbonyl (C=S) groups is 1. The fourth-order valence-corrected chi connectivity index (χ4v) is 2.14. The van der Waals surface area contributed by atoms with Crippen molar-refractivity contribution in [3.8, 4) is 5.75 Å². The molecule has 2 aromatic carbocycles.